The van der Waals surface area contributed by atoms with Crippen LogP contribution in [-0.4, -0.2) is 51.2 Å². The van der Waals surface area contributed by atoms with Crippen molar-refractivity contribution in [3.63, 3.8) is 0 Å². The van der Waals surface area contributed by atoms with Crippen molar-refractivity contribution in [3.8, 4) is 0 Å². The molecule has 29 heavy (non-hydrogen) atoms. The van der Waals surface area contributed by atoms with Gasteiger partial charge in [0, 0.05) is 26.7 Å². The van der Waals surface area contributed by atoms with E-state index in [4.69, 9.17) is 4.42 Å². The Balaban J connectivity index is 1.86. The molecular weight excluding hydrogens is 394 g/mol. The minimum atomic E-state index is -3.87. The summed E-state index contributed by atoms with van der Waals surface area (Å²) in [7, 11) is -2.46. The monoisotopic (exact) mass is 419 g/mol. The molecule has 1 heterocycles. The zero-order valence-corrected chi connectivity index (χ0v) is 17.1. The standard InChI is InChI=1S/C20H25N3O5S/c1-3-18(24)21-13-7-15-23(2)29(26,27)19-11-10-17(28-19)20(25)22-14-12-16-8-5-4-6-9-16/h3-6,8-11H,1,7,12-15H2,2H3,(H,21,24)(H,22,25). The van der Waals surface area contributed by atoms with Crippen molar-refractivity contribution in [2.24, 2.45) is 0 Å². The number of carbonyl (C=O) groups is 2. The summed E-state index contributed by atoms with van der Waals surface area (Å²) in [6.45, 7) is 4.24. The zero-order chi connectivity index (χ0) is 21.3. The number of nitrogens with zero attached hydrogens (tertiary/aromatic N) is 1. The van der Waals surface area contributed by atoms with Crippen LogP contribution >= 0.6 is 0 Å². The summed E-state index contributed by atoms with van der Waals surface area (Å²) in [5.41, 5.74) is 1.08. The zero-order valence-electron chi connectivity index (χ0n) is 16.3. The fourth-order valence-corrected chi connectivity index (χ4v) is 3.60. The average molecular weight is 420 g/mol. The van der Waals surface area contributed by atoms with Gasteiger partial charge in [-0.05, 0) is 36.6 Å². The highest BCUT2D eigenvalue weighted by atomic mass is 32.2. The highest BCUT2D eigenvalue weighted by molar-refractivity contribution is 7.89. The minimum absolute atomic E-state index is 0.0664. The van der Waals surface area contributed by atoms with Gasteiger partial charge in [-0.2, -0.15) is 4.31 Å². The maximum Gasteiger partial charge on any atom is 0.287 e. The van der Waals surface area contributed by atoms with Gasteiger partial charge in [0.1, 0.15) is 0 Å². The van der Waals surface area contributed by atoms with Gasteiger partial charge in [-0.1, -0.05) is 36.9 Å². The Bertz CT molecular complexity index is 938. The van der Waals surface area contributed by atoms with Crippen molar-refractivity contribution in [1.82, 2.24) is 14.9 Å². The first-order valence-corrected chi connectivity index (χ1v) is 10.6. The van der Waals surface area contributed by atoms with E-state index in [9.17, 15) is 18.0 Å². The van der Waals surface area contributed by atoms with Crippen LogP contribution in [0.4, 0.5) is 0 Å². The molecule has 1 aromatic heterocycles. The normalized spacial score (nSPS) is 11.2. The SMILES string of the molecule is C=CC(=O)NCCCN(C)S(=O)(=O)c1ccc(C(=O)NCCc2ccccc2)o1. The number of carbonyl (C=O) groups excluding carboxylic acids is 2. The molecule has 2 amide bonds. The molecule has 9 heteroatoms. The summed E-state index contributed by atoms with van der Waals surface area (Å²) >= 11 is 0. The van der Waals surface area contributed by atoms with E-state index in [1.807, 2.05) is 30.3 Å². The van der Waals surface area contributed by atoms with Crippen LogP contribution in [-0.2, 0) is 21.2 Å². The number of amides is 2. The summed E-state index contributed by atoms with van der Waals surface area (Å²) in [4.78, 5) is 23.3. The van der Waals surface area contributed by atoms with E-state index in [-0.39, 0.29) is 23.3 Å². The maximum atomic E-state index is 12.5. The molecule has 156 valence electrons. The molecule has 0 fully saturated rings. The molecule has 1 aromatic carbocycles. The lowest BCUT2D eigenvalue weighted by Crippen LogP contribution is -2.31. The van der Waals surface area contributed by atoms with Crippen molar-refractivity contribution >= 4 is 21.8 Å². The van der Waals surface area contributed by atoms with E-state index in [0.29, 0.717) is 25.9 Å². The second-order valence-electron chi connectivity index (χ2n) is 6.29. The van der Waals surface area contributed by atoms with E-state index in [2.05, 4.69) is 17.2 Å². The Morgan fingerprint density at radius 3 is 2.52 bits per heavy atom. The van der Waals surface area contributed by atoms with Gasteiger partial charge >= 0.3 is 0 Å². The smallest absolute Gasteiger partial charge is 0.287 e. The molecule has 2 aromatic rings. The second kappa shape index (κ2) is 10.6. The van der Waals surface area contributed by atoms with Gasteiger partial charge in [-0.15, -0.1) is 0 Å². The third kappa shape index (κ3) is 6.58. The van der Waals surface area contributed by atoms with Gasteiger partial charge in [0.25, 0.3) is 15.9 Å². The first-order chi connectivity index (χ1) is 13.8. The Morgan fingerprint density at radius 2 is 1.83 bits per heavy atom. The Morgan fingerprint density at radius 1 is 1.10 bits per heavy atom. The molecular formula is C20H25N3O5S. The summed E-state index contributed by atoms with van der Waals surface area (Å²) in [6.07, 6.45) is 2.22. The first-order valence-electron chi connectivity index (χ1n) is 9.13. The molecule has 0 radical (unpaired) electrons. The number of rotatable bonds is 11. The van der Waals surface area contributed by atoms with Crippen LogP contribution < -0.4 is 10.6 Å². The van der Waals surface area contributed by atoms with Crippen molar-refractivity contribution in [2.75, 3.05) is 26.7 Å². The molecule has 0 spiro atoms. The number of sulfonamides is 1. The van der Waals surface area contributed by atoms with Crippen LogP contribution in [0, 0.1) is 0 Å². The maximum absolute atomic E-state index is 12.5. The van der Waals surface area contributed by atoms with Crippen LogP contribution in [0.25, 0.3) is 0 Å². The van der Waals surface area contributed by atoms with Crippen LogP contribution in [0.1, 0.15) is 22.5 Å². The molecule has 0 aliphatic carbocycles. The largest absolute Gasteiger partial charge is 0.438 e. The van der Waals surface area contributed by atoms with E-state index in [1.54, 1.807) is 0 Å². The highest BCUT2D eigenvalue weighted by Crippen LogP contribution is 2.18. The Hall–Kier alpha value is -2.91. The van der Waals surface area contributed by atoms with Crippen LogP contribution in [0.15, 0.2) is 64.6 Å². The topological polar surface area (TPSA) is 109 Å². The summed E-state index contributed by atoms with van der Waals surface area (Å²) < 4.78 is 31.5. The molecule has 0 saturated carbocycles. The lowest BCUT2D eigenvalue weighted by Gasteiger charge is -2.15. The minimum Gasteiger partial charge on any atom is -0.438 e. The predicted molar refractivity (Wildman–Crippen MR) is 109 cm³/mol. The van der Waals surface area contributed by atoms with Gasteiger partial charge in [-0.25, -0.2) is 8.42 Å². The second-order valence-corrected chi connectivity index (χ2v) is 8.26. The molecule has 0 unspecified atom stereocenters. The van der Waals surface area contributed by atoms with E-state index in [1.165, 1.54) is 19.2 Å². The third-order valence-corrected chi connectivity index (χ3v) is 5.88. The van der Waals surface area contributed by atoms with Gasteiger partial charge in [0.15, 0.2) is 5.76 Å². The number of hydrogen-bond acceptors (Lipinski definition) is 5. The Labute approximate surface area is 170 Å². The number of nitrogens with one attached hydrogen (secondary N) is 2. The molecule has 0 saturated heterocycles. The Kier molecular flexibility index (Phi) is 8.17. The summed E-state index contributed by atoms with van der Waals surface area (Å²) in [6, 6.07) is 12.3. The molecule has 0 aliphatic heterocycles. The molecule has 2 N–H and O–H groups in total. The van der Waals surface area contributed by atoms with Crippen LogP contribution in [0.2, 0.25) is 0 Å². The van der Waals surface area contributed by atoms with Gasteiger partial charge in [0.05, 0.1) is 0 Å². The average Bonchev–Trinajstić information content (AvgIpc) is 3.22. The fraction of sp³-hybridized carbons (Fsp3) is 0.300. The predicted octanol–water partition coefficient (Wildman–Crippen LogP) is 1.56. The molecule has 0 atom stereocenters. The first kappa shape index (κ1) is 22.4. The number of benzene rings is 1. The number of furan rings is 1. The molecule has 8 nitrogen and oxygen atoms in total. The van der Waals surface area contributed by atoms with E-state index >= 15 is 0 Å². The lowest BCUT2D eigenvalue weighted by atomic mass is 10.1. The summed E-state index contributed by atoms with van der Waals surface area (Å²) in [5.74, 6) is -0.857. The van der Waals surface area contributed by atoms with E-state index < -0.39 is 15.9 Å². The van der Waals surface area contributed by atoms with Crippen LogP contribution in [0.3, 0.4) is 0 Å². The molecule has 2 rings (SSSR count). The van der Waals surface area contributed by atoms with E-state index in [0.717, 1.165) is 15.9 Å². The lowest BCUT2D eigenvalue weighted by molar-refractivity contribution is -0.116. The van der Waals surface area contributed by atoms with Gasteiger partial charge in [0.2, 0.25) is 11.0 Å². The highest BCUT2D eigenvalue weighted by Gasteiger charge is 2.25. The molecule has 0 bridgehead atoms. The number of hydrogen-bond donors (Lipinski definition) is 2. The summed E-state index contributed by atoms with van der Waals surface area (Å²) in [5, 5.41) is 4.98. The van der Waals surface area contributed by atoms with Crippen molar-refractivity contribution in [1.29, 1.82) is 0 Å². The van der Waals surface area contributed by atoms with Gasteiger partial charge in [-0.3, -0.25) is 9.59 Å². The van der Waals surface area contributed by atoms with Crippen molar-refractivity contribution in [3.05, 3.63) is 66.4 Å². The van der Waals surface area contributed by atoms with Crippen molar-refractivity contribution in [2.45, 2.75) is 17.9 Å². The molecule has 0 aliphatic rings. The van der Waals surface area contributed by atoms with Crippen molar-refractivity contribution < 1.29 is 22.4 Å². The third-order valence-electron chi connectivity index (χ3n) is 4.15. The van der Waals surface area contributed by atoms with Gasteiger partial charge < -0.3 is 15.1 Å². The quantitative estimate of drug-likeness (QED) is 0.424. The van der Waals surface area contributed by atoms with Crippen LogP contribution in [0.5, 0.6) is 0 Å². The fourth-order valence-electron chi connectivity index (χ4n) is 2.49.